The van der Waals surface area contributed by atoms with E-state index in [1.165, 1.54) is 36.4 Å². The summed E-state index contributed by atoms with van der Waals surface area (Å²) < 4.78 is 42.6. The van der Waals surface area contributed by atoms with E-state index in [0.717, 1.165) is 12.3 Å². The van der Waals surface area contributed by atoms with Crippen molar-refractivity contribution in [1.29, 1.82) is 0 Å². The summed E-state index contributed by atoms with van der Waals surface area (Å²) in [7, 11) is -3.39. The molecule has 29 heavy (non-hydrogen) atoms. The molecule has 0 fully saturated rings. The van der Waals surface area contributed by atoms with Gasteiger partial charge in [-0.05, 0) is 30.3 Å². The quantitative estimate of drug-likeness (QED) is 0.526. The zero-order chi connectivity index (χ0) is 21.2. The number of hydrogen-bond donors (Lipinski definition) is 3. The third-order valence-electron chi connectivity index (χ3n) is 4.13. The molecule has 0 aliphatic rings. The number of carbonyl (C=O) groups is 1. The van der Waals surface area contributed by atoms with Crippen molar-refractivity contribution in [2.24, 2.45) is 0 Å². The minimum atomic E-state index is -3.39. The van der Waals surface area contributed by atoms with Crippen LogP contribution in [0.4, 0.5) is 9.18 Å². The summed E-state index contributed by atoms with van der Waals surface area (Å²) in [6.45, 7) is -0.0527. The lowest BCUT2D eigenvalue weighted by molar-refractivity contribution is 0.191. The monoisotopic (exact) mass is 420 g/mol. The number of fused-ring (bicyclic) bond motifs is 1. The van der Waals surface area contributed by atoms with E-state index in [4.69, 9.17) is 9.84 Å². The second-order valence-corrected chi connectivity index (χ2v) is 8.24. The molecule has 2 aromatic carbocycles. The first kappa shape index (κ1) is 20.3. The van der Waals surface area contributed by atoms with E-state index >= 15 is 0 Å². The Bertz CT molecular complexity index is 1240. The molecule has 3 N–H and O–H groups in total. The van der Waals surface area contributed by atoms with Crippen LogP contribution in [0.5, 0.6) is 5.75 Å². The van der Waals surface area contributed by atoms with Crippen LogP contribution in [-0.2, 0) is 9.84 Å². The number of aromatic nitrogens is 1. The van der Waals surface area contributed by atoms with Gasteiger partial charge in [-0.2, -0.15) is 0 Å². The Labute approximate surface area is 164 Å². The van der Waals surface area contributed by atoms with Crippen LogP contribution in [0.15, 0.2) is 52.2 Å². The number of carboxylic acid groups (broad SMARTS) is 1. The van der Waals surface area contributed by atoms with Gasteiger partial charge in [-0.15, -0.1) is 0 Å². The number of halogens is 1. The van der Waals surface area contributed by atoms with Gasteiger partial charge in [0.05, 0.1) is 22.5 Å². The minimum Gasteiger partial charge on any atom is -0.489 e. The third kappa shape index (κ3) is 4.54. The number of hydrogen-bond acceptors (Lipinski definition) is 5. The van der Waals surface area contributed by atoms with Gasteiger partial charge in [0.1, 0.15) is 12.4 Å². The highest BCUT2D eigenvalue weighted by molar-refractivity contribution is 7.90. The number of sulfone groups is 1. The van der Waals surface area contributed by atoms with Crippen LogP contribution >= 0.6 is 0 Å². The number of rotatable bonds is 6. The van der Waals surface area contributed by atoms with E-state index in [-0.39, 0.29) is 34.9 Å². The van der Waals surface area contributed by atoms with Gasteiger partial charge >= 0.3 is 6.09 Å². The number of pyridine rings is 1. The number of ether oxygens (including phenoxy) is 1. The van der Waals surface area contributed by atoms with E-state index in [1.54, 1.807) is 0 Å². The highest BCUT2D eigenvalue weighted by Gasteiger charge is 2.16. The van der Waals surface area contributed by atoms with Gasteiger partial charge in [0, 0.05) is 17.2 Å². The van der Waals surface area contributed by atoms with Crippen LogP contribution in [0.25, 0.3) is 22.0 Å². The molecule has 0 saturated carbocycles. The fraction of sp³-hybridized carbons (Fsp3) is 0.158. The van der Waals surface area contributed by atoms with Crippen molar-refractivity contribution in [2.45, 2.75) is 4.90 Å². The maximum atomic E-state index is 13.6. The molecule has 0 aliphatic heterocycles. The van der Waals surface area contributed by atoms with E-state index in [0.29, 0.717) is 10.9 Å². The molecule has 0 atom stereocenters. The highest BCUT2D eigenvalue weighted by Crippen LogP contribution is 2.34. The topological polar surface area (TPSA) is 126 Å². The van der Waals surface area contributed by atoms with Crippen LogP contribution in [0.1, 0.15) is 0 Å². The summed E-state index contributed by atoms with van der Waals surface area (Å²) in [6, 6.07) is 9.47. The normalized spacial score (nSPS) is 11.4. The zero-order valence-electron chi connectivity index (χ0n) is 15.2. The third-order valence-corrected chi connectivity index (χ3v) is 5.26. The smallest absolute Gasteiger partial charge is 0.404 e. The highest BCUT2D eigenvalue weighted by atomic mass is 32.2. The lowest BCUT2D eigenvalue weighted by atomic mass is 10.1. The number of aromatic amines is 1. The van der Waals surface area contributed by atoms with Crippen molar-refractivity contribution in [2.75, 3.05) is 19.4 Å². The lowest BCUT2D eigenvalue weighted by Gasteiger charge is -2.15. The van der Waals surface area contributed by atoms with Crippen LogP contribution in [-0.4, -0.2) is 44.0 Å². The summed E-state index contributed by atoms with van der Waals surface area (Å²) in [5, 5.41) is 11.2. The Morgan fingerprint density at radius 2 is 1.86 bits per heavy atom. The Hall–Kier alpha value is -3.40. The zero-order valence-corrected chi connectivity index (χ0v) is 16.0. The summed E-state index contributed by atoms with van der Waals surface area (Å²) in [6.07, 6.45) is -0.128. The molecule has 3 rings (SSSR count). The molecule has 0 radical (unpaired) electrons. The summed E-state index contributed by atoms with van der Waals surface area (Å²) >= 11 is 0. The first-order chi connectivity index (χ1) is 13.7. The van der Waals surface area contributed by atoms with Crippen LogP contribution < -0.4 is 15.6 Å². The maximum absolute atomic E-state index is 13.6. The van der Waals surface area contributed by atoms with E-state index in [9.17, 15) is 22.4 Å². The molecule has 1 amide bonds. The minimum absolute atomic E-state index is 0.0103. The molecule has 10 heteroatoms. The van der Waals surface area contributed by atoms with Crippen LogP contribution in [0.3, 0.4) is 0 Å². The SMILES string of the molecule is CS(=O)(=O)c1ccc(-c2[nH]c(=O)c3cc(F)ccc3c2OCCNC(=O)O)cc1. The molecule has 0 aliphatic carbocycles. The van der Waals surface area contributed by atoms with Gasteiger partial charge in [-0.25, -0.2) is 17.6 Å². The van der Waals surface area contributed by atoms with Crippen molar-refractivity contribution < 1.29 is 27.4 Å². The Balaban J connectivity index is 2.12. The summed E-state index contributed by atoms with van der Waals surface area (Å²) in [4.78, 5) is 25.8. The van der Waals surface area contributed by atoms with Gasteiger partial charge in [0.2, 0.25) is 0 Å². The van der Waals surface area contributed by atoms with Gasteiger partial charge in [-0.1, -0.05) is 12.1 Å². The first-order valence-electron chi connectivity index (χ1n) is 8.42. The molecule has 1 heterocycles. The molecule has 0 spiro atoms. The Morgan fingerprint density at radius 1 is 1.17 bits per heavy atom. The fourth-order valence-corrected chi connectivity index (χ4v) is 3.44. The van der Waals surface area contributed by atoms with Crippen LogP contribution in [0, 0.1) is 5.82 Å². The molecule has 1 aromatic heterocycles. The molecule has 152 valence electrons. The first-order valence-corrected chi connectivity index (χ1v) is 10.3. The summed E-state index contributed by atoms with van der Waals surface area (Å²) in [5.74, 6) is -0.370. The van der Waals surface area contributed by atoms with Crippen molar-refractivity contribution in [3.63, 3.8) is 0 Å². The van der Waals surface area contributed by atoms with E-state index < -0.39 is 27.3 Å². The molecule has 0 saturated heterocycles. The number of H-pyrrole nitrogens is 1. The van der Waals surface area contributed by atoms with Crippen molar-refractivity contribution in [1.82, 2.24) is 10.3 Å². The van der Waals surface area contributed by atoms with Crippen molar-refractivity contribution in [3.05, 3.63) is 58.6 Å². The number of amides is 1. The number of benzene rings is 2. The largest absolute Gasteiger partial charge is 0.489 e. The average Bonchev–Trinajstić information content (AvgIpc) is 2.66. The predicted octanol–water partition coefficient (Wildman–Crippen LogP) is 2.38. The molecule has 3 aromatic rings. The van der Waals surface area contributed by atoms with Gasteiger partial charge in [0.15, 0.2) is 15.6 Å². The van der Waals surface area contributed by atoms with Gasteiger partial charge in [-0.3, -0.25) is 4.79 Å². The summed E-state index contributed by atoms with van der Waals surface area (Å²) in [5.41, 5.74) is 0.198. The predicted molar refractivity (Wildman–Crippen MR) is 105 cm³/mol. The maximum Gasteiger partial charge on any atom is 0.404 e. The molecular formula is C19H17FN2O6S. The molecule has 8 nitrogen and oxygen atoms in total. The fourth-order valence-electron chi connectivity index (χ4n) is 2.81. The van der Waals surface area contributed by atoms with Crippen molar-refractivity contribution in [3.8, 4) is 17.0 Å². The van der Waals surface area contributed by atoms with E-state index in [1.807, 2.05) is 0 Å². The molecule has 0 bridgehead atoms. The second kappa shape index (κ2) is 7.92. The van der Waals surface area contributed by atoms with Crippen LogP contribution in [0.2, 0.25) is 0 Å². The Morgan fingerprint density at radius 3 is 2.48 bits per heavy atom. The number of nitrogens with one attached hydrogen (secondary N) is 2. The standard InChI is InChI=1S/C19H17FN2O6S/c1-29(26,27)13-5-2-11(3-6-13)16-17(28-9-8-21-19(24)25)14-7-4-12(20)10-15(14)18(23)22-16/h2-7,10,21H,8-9H2,1H3,(H,22,23)(H,24,25). The van der Waals surface area contributed by atoms with Gasteiger partial charge in [0.25, 0.3) is 5.56 Å². The molecular weight excluding hydrogens is 403 g/mol. The second-order valence-electron chi connectivity index (χ2n) is 6.23. The Kier molecular flexibility index (Phi) is 5.55. The van der Waals surface area contributed by atoms with Gasteiger partial charge < -0.3 is 20.1 Å². The van der Waals surface area contributed by atoms with Crippen molar-refractivity contribution >= 4 is 26.7 Å². The lowest BCUT2D eigenvalue weighted by Crippen LogP contribution is -2.26. The molecule has 0 unspecified atom stereocenters. The van der Waals surface area contributed by atoms with E-state index in [2.05, 4.69) is 10.3 Å². The average molecular weight is 420 g/mol.